The van der Waals surface area contributed by atoms with Crippen LogP contribution < -0.4 is 26.6 Å². The smallest absolute Gasteiger partial charge is 0.249 e. The molecule has 28 heteroatoms. The van der Waals surface area contributed by atoms with Gasteiger partial charge in [-0.2, -0.15) is 15.0 Å². The van der Waals surface area contributed by atoms with E-state index in [1.54, 1.807) is 0 Å². The first-order valence-corrected chi connectivity index (χ1v) is 47.3. The third-order valence-electron chi connectivity index (χ3n) is 18.7. The molecule has 0 atom stereocenters. The van der Waals surface area contributed by atoms with Gasteiger partial charge in [0.2, 0.25) is 62.8 Å². The van der Waals surface area contributed by atoms with Crippen molar-refractivity contribution in [3.05, 3.63) is 85.0 Å². The SMILES string of the molecule is CCNCCCS(=O)(=O)c1nc(Nc2c3c(cc4c2CCC4)CCC3)n[nH]1.CCNCCCS(=O)(=O)c1nc(Nc2c3c(cc4c2CCC4)CCC3)nn1COCC[Si](C)(C)C.C[Si](C)(C)CCOCn1nc(Nc2c3c(cc4c2CCC4)CCC3)nc1S(=O)(=O)CCCO. The Morgan fingerprint density at radius 2 is 0.811 bits per heavy atom. The summed E-state index contributed by atoms with van der Waals surface area (Å²) in [6.07, 6.45) is 21.1. The van der Waals surface area contributed by atoms with Crippen LogP contribution in [0.5, 0.6) is 0 Å². The summed E-state index contributed by atoms with van der Waals surface area (Å²) >= 11 is 0. The predicted molar refractivity (Wildman–Crippen MR) is 380 cm³/mol. The van der Waals surface area contributed by atoms with Crippen molar-refractivity contribution in [3.63, 3.8) is 0 Å². The van der Waals surface area contributed by atoms with E-state index in [9.17, 15) is 25.3 Å². The van der Waals surface area contributed by atoms with E-state index in [-0.39, 0.29) is 59.2 Å². The van der Waals surface area contributed by atoms with Gasteiger partial charge in [0, 0.05) is 53.0 Å². The van der Waals surface area contributed by atoms with Crippen LogP contribution in [-0.4, -0.2) is 154 Å². The molecule has 0 saturated carbocycles. The largest absolute Gasteiger partial charge is 0.396 e. The van der Waals surface area contributed by atoms with Crippen LogP contribution in [0.4, 0.5) is 34.9 Å². The highest BCUT2D eigenvalue weighted by molar-refractivity contribution is 7.91. The fourth-order valence-electron chi connectivity index (χ4n) is 13.8. The molecule has 23 nitrogen and oxygen atoms in total. The molecule has 0 amide bonds. The maximum absolute atomic E-state index is 13.2. The molecule has 0 aliphatic heterocycles. The molecule has 0 unspecified atom stereocenters. The fourth-order valence-corrected chi connectivity index (χ4v) is 19.1. The van der Waals surface area contributed by atoms with Crippen molar-refractivity contribution in [2.45, 2.75) is 229 Å². The minimum absolute atomic E-state index is 0.00581. The number of ether oxygens (including phenoxy) is 2. The van der Waals surface area contributed by atoms with Crippen molar-refractivity contribution in [3.8, 4) is 0 Å². The van der Waals surface area contributed by atoms with Crippen molar-refractivity contribution >= 4 is 80.6 Å². The standard InChI is InChI=1S/C25H41N5O3SSi.C23H36N4O4SSi.C19H27N5O2S/c1-5-26-13-8-15-34(31,32)25-28-24(29-30(25)18-33-14-16-35(2,3)4)27-23-21-11-6-9-19(21)17-20-10-7-12-22(20)23;1-33(2,3)14-12-31-16-27-23(32(29,30)13-6-11-28)25-22(26-27)24-21-19-9-4-7-17(19)15-18-8-5-10-20(18)21;1-2-20-10-5-11-27(25,26)19-22-18(23-24-19)21-17-15-8-3-6-13(15)12-14-7-4-9-16(14)17/h17,26H,5-16,18H2,1-4H3,(H,27,29);15,28H,4-14,16H2,1-3H3,(H,24,26);12,20H,2-11H2,1H3,(H2,21,22,23,24). The van der Waals surface area contributed by atoms with Crippen LogP contribution in [0.25, 0.3) is 0 Å². The first-order valence-electron chi connectivity index (χ1n) is 34.9. The number of aryl methyl sites for hydroxylation is 6. The molecule has 12 rings (SSSR count). The van der Waals surface area contributed by atoms with E-state index in [2.05, 4.69) is 119 Å². The summed E-state index contributed by atoms with van der Waals surface area (Å²) in [6.45, 7) is 21.8. The maximum atomic E-state index is 13.2. The van der Waals surface area contributed by atoms with Crippen molar-refractivity contribution in [1.29, 1.82) is 0 Å². The van der Waals surface area contributed by atoms with Crippen LogP contribution in [0, 0.1) is 0 Å². The van der Waals surface area contributed by atoms with E-state index in [1.807, 2.05) is 13.8 Å². The summed E-state index contributed by atoms with van der Waals surface area (Å²) in [4.78, 5) is 13.2. The average molecular weight is 1400 g/mol. The minimum atomic E-state index is -3.70. The molecule has 6 aliphatic rings. The molecule has 6 aromatic rings. The molecule has 0 bridgehead atoms. The zero-order chi connectivity index (χ0) is 67.5. The Kier molecular flexibility index (Phi) is 24.4. The Labute approximate surface area is 565 Å². The Hall–Kier alpha value is -5.44. The second-order valence-corrected chi connectivity index (χ2v) is 45.9. The predicted octanol–water partition coefficient (Wildman–Crippen LogP) is 9.85. The summed E-state index contributed by atoms with van der Waals surface area (Å²) in [5.41, 5.74) is 19.8. The number of aliphatic hydroxyl groups is 1. The molecule has 95 heavy (non-hydrogen) atoms. The van der Waals surface area contributed by atoms with Gasteiger partial charge < -0.3 is 41.2 Å². The minimum Gasteiger partial charge on any atom is -0.396 e. The first-order chi connectivity index (χ1) is 45.4. The zero-order valence-corrected chi connectivity index (χ0v) is 61.9. The Balaban J connectivity index is 0.000000156. The highest BCUT2D eigenvalue weighted by Crippen LogP contribution is 2.43. The lowest BCUT2D eigenvalue weighted by Gasteiger charge is -2.15. The van der Waals surface area contributed by atoms with Gasteiger partial charge in [0.05, 0.1) is 17.3 Å². The van der Waals surface area contributed by atoms with Gasteiger partial charge in [-0.3, -0.25) is 0 Å². The van der Waals surface area contributed by atoms with E-state index in [0.717, 1.165) is 145 Å². The third kappa shape index (κ3) is 18.7. The van der Waals surface area contributed by atoms with Gasteiger partial charge >= 0.3 is 0 Å². The topological polar surface area (TPSA) is 304 Å². The number of anilines is 6. The summed E-state index contributed by atoms with van der Waals surface area (Å²) < 4.78 is 91.7. The molecule has 7 N–H and O–H groups in total. The Bertz CT molecular complexity index is 3900. The van der Waals surface area contributed by atoms with Crippen LogP contribution in [0.2, 0.25) is 51.4 Å². The van der Waals surface area contributed by atoms with Gasteiger partial charge in [-0.15, -0.1) is 15.3 Å². The number of nitrogens with zero attached hydrogens (tertiary/aromatic N) is 8. The number of nitrogens with one attached hydrogen (secondary N) is 6. The number of H-pyrrole nitrogens is 1. The van der Waals surface area contributed by atoms with Gasteiger partial charge in [-0.25, -0.2) is 39.7 Å². The first kappa shape index (κ1) is 72.3. The molecule has 0 spiro atoms. The number of aliphatic hydroxyl groups excluding tert-OH is 1. The molecule has 3 aromatic carbocycles. The fraction of sp³-hybridized carbons (Fsp3) is 0.642. The lowest BCUT2D eigenvalue weighted by molar-refractivity contribution is 0.0715. The number of sulfone groups is 3. The lowest BCUT2D eigenvalue weighted by atomic mass is 9.99. The van der Waals surface area contributed by atoms with E-state index >= 15 is 0 Å². The number of aromatic nitrogens is 9. The Morgan fingerprint density at radius 3 is 1.15 bits per heavy atom. The quantitative estimate of drug-likeness (QED) is 0.0153. The van der Waals surface area contributed by atoms with E-state index in [4.69, 9.17) is 14.6 Å². The second-order valence-electron chi connectivity index (χ2n) is 28.6. The molecule has 3 heterocycles. The molecule has 522 valence electrons. The molecular weight excluding hydrogens is 1300 g/mol. The van der Waals surface area contributed by atoms with Crippen LogP contribution in [0.1, 0.15) is 138 Å². The summed E-state index contributed by atoms with van der Waals surface area (Å²) in [5, 5.41) is 41.3. The number of hydrogen-bond acceptors (Lipinski definition) is 20. The zero-order valence-electron chi connectivity index (χ0n) is 57.5. The van der Waals surface area contributed by atoms with Crippen molar-refractivity contribution in [2.75, 3.05) is 79.2 Å². The van der Waals surface area contributed by atoms with E-state index in [0.29, 0.717) is 57.0 Å². The molecule has 3 aromatic heterocycles. The number of fused-ring (bicyclic) bond motifs is 6. The van der Waals surface area contributed by atoms with Gasteiger partial charge in [-0.05, 0) is 240 Å². The molecule has 0 radical (unpaired) electrons. The van der Waals surface area contributed by atoms with Gasteiger partial charge in [0.1, 0.15) is 13.5 Å². The van der Waals surface area contributed by atoms with Crippen molar-refractivity contribution in [1.82, 2.24) is 55.3 Å². The summed E-state index contributed by atoms with van der Waals surface area (Å²) in [7, 11) is -13.2. The van der Waals surface area contributed by atoms with Crippen molar-refractivity contribution in [2.24, 2.45) is 0 Å². The molecular formula is C67H104N14O9S3Si2. The number of aromatic amines is 1. The summed E-state index contributed by atoms with van der Waals surface area (Å²) in [5.74, 6) is 0.898. The van der Waals surface area contributed by atoms with Gasteiger partial charge in [0.15, 0.2) is 0 Å². The molecule has 6 aliphatic carbocycles. The van der Waals surface area contributed by atoms with E-state index in [1.165, 1.54) is 89.0 Å². The van der Waals surface area contributed by atoms with Crippen molar-refractivity contribution < 1.29 is 39.8 Å². The van der Waals surface area contributed by atoms with E-state index < -0.39 is 45.7 Å². The van der Waals surface area contributed by atoms with Crippen LogP contribution >= 0.6 is 0 Å². The van der Waals surface area contributed by atoms with Crippen LogP contribution in [0.15, 0.2) is 33.7 Å². The number of rotatable bonds is 32. The summed E-state index contributed by atoms with van der Waals surface area (Å²) in [6, 6.07) is 9.11. The van der Waals surface area contributed by atoms with Gasteiger partial charge in [0.25, 0.3) is 0 Å². The average Bonchev–Trinajstić information content (AvgIpc) is 1.66. The highest BCUT2D eigenvalue weighted by Gasteiger charge is 2.32. The number of benzene rings is 3. The monoisotopic (exact) mass is 1400 g/mol. The van der Waals surface area contributed by atoms with Crippen LogP contribution in [0.3, 0.4) is 0 Å². The molecule has 0 saturated heterocycles. The van der Waals surface area contributed by atoms with Crippen LogP contribution in [-0.2, 0) is 129 Å². The second kappa shape index (κ2) is 32.0. The lowest BCUT2D eigenvalue weighted by Crippen LogP contribution is -2.23. The highest BCUT2D eigenvalue weighted by atomic mass is 32.2. The Morgan fingerprint density at radius 1 is 0.474 bits per heavy atom. The number of hydrogen-bond donors (Lipinski definition) is 7. The maximum Gasteiger partial charge on any atom is 0.249 e. The van der Waals surface area contributed by atoms with Gasteiger partial charge in [-0.1, -0.05) is 71.3 Å². The molecule has 0 fully saturated rings. The normalized spacial score (nSPS) is 15.6. The third-order valence-corrected chi connectivity index (χ3v) is 27.1.